The van der Waals surface area contributed by atoms with Crippen molar-refractivity contribution >= 4 is 11.2 Å². The molecule has 0 bridgehead atoms. The van der Waals surface area contributed by atoms with Gasteiger partial charge in [-0.3, -0.25) is 0 Å². The third-order valence-corrected chi connectivity index (χ3v) is 2.39. The zero-order valence-electron chi connectivity index (χ0n) is 9.05. The van der Waals surface area contributed by atoms with Crippen LogP contribution in [-0.4, -0.2) is 15.0 Å². The molecule has 0 saturated heterocycles. The molecule has 0 aliphatic rings. The summed E-state index contributed by atoms with van der Waals surface area (Å²) in [5, 5.41) is 0. The van der Waals surface area contributed by atoms with Gasteiger partial charge < -0.3 is 4.98 Å². The third kappa shape index (κ3) is 1.29. The predicted octanol–water partition coefficient (Wildman–Crippen LogP) is 2.56. The van der Waals surface area contributed by atoms with E-state index in [2.05, 4.69) is 42.6 Å². The molecule has 0 atom stereocenters. The van der Waals surface area contributed by atoms with E-state index >= 15 is 0 Å². The molecule has 0 aromatic carbocycles. The van der Waals surface area contributed by atoms with E-state index in [4.69, 9.17) is 0 Å². The van der Waals surface area contributed by atoms with Gasteiger partial charge in [0.15, 0.2) is 5.65 Å². The zero-order valence-corrected chi connectivity index (χ0v) is 9.05. The molecular formula is C11H15N3. The predicted molar refractivity (Wildman–Crippen MR) is 57.3 cm³/mol. The smallest absolute Gasteiger partial charge is 0.177 e. The molecule has 0 fully saturated rings. The van der Waals surface area contributed by atoms with Gasteiger partial charge in [0.05, 0.1) is 11.8 Å². The Morgan fingerprint density at radius 3 is 2.57 bits per heavy atom. The van der Waals surface area contributed by atoms with Gasteiger partial charge in [0.25, 0.3) is 0 Å². The fourth-order valence-corrected chi connectivity index (χ4v) is 1.96. The number of nitrogens with one attached hydrogen (secondary N) is 1. The molecule has 3 nitrogen and oxygen atoms in total. The molecule has 0 aliphatic heterocycles. The molecule has 1 N–H and O–H groups in total. The van der Waals surface area contributed by atoms with Crippen LogP contribution in [0.2, 0.25) is 0 Å². The van der Waals surface area contributed by atoms with Crippen molar-refractivity contribution in [1.29, 1.82) is 0 Å². The minimum absolute atomic E-state index is 0.123. The lowest BCUT2D eigenvalue weighted by atomic mass is 9.84. The fraction of sp³-hybridized carbons (Fsp3) is 0.455. The Morgan fingerprint density at radius 1 is 1.21 bits per heavy atom. The summed E-state index contributed by atoms with van der Waals surface area (Å²) in [4.78, 5) is 11.6. The van der Waals surface area contributed by atoms with Gasteiger partial charge in [0.2, 0.25) is 0 Å². The second-order valence-electron chi connectivity index (χ2n) is 4.67. The van der Waals surface area contributed by atoms with Crippen LogP contribution in [0.1, 0.15) is 31.9 Å². The molecule has 0 spiro atoms. The Morgan fingerprint density at radius 2 is 1.93 bits per heavy atom. The number of nitrogens with zero attached hydrogens (tertiary/aromatic N) is 2. The number of aryl methyl sites for hydroxylation is 1. The maximum Gasteiger partial charge on any atom is 0.177 e. The van der Waals surface area contributed by atoms with Gasteiger partial charge in [-0.15, -0.1) is 0 Å². The number of pyridine rings is 1. The van der Waals surface area contributed by atoms with Crippen molar-refractivity contribution in [2.45, 2.75) is 33.1 Å². The molecule has 0 radical (unpaired) electrons. The van der Waals surface area contributed by atoms with E-state index in [9.17, 15) is 0 Å². The van der Waals surface area contributed by atoms with Crippen LogP contribution >= 0.6 is 0 Å². The Labute approximate surface area is 83.6 Å². The van der Waals surface area contributed by atoms with E-state index in [1.165, 1.54) is 11.1 Å². The minimum atomic E-state index is 0.123. The first-order chi connectivity index (χ1) is 6.50. The Kier molecular flexibility index (Phi) is 1.84. The Hall–Kier alpha value is -1.38. The lowest BCUT2D eigenvalue weighted by molar-refractivity contribution is 0.590. The van der Waals surface area contributed by atoms with Crippen LogP contribution in [0.4, 0.5) is 0 Å². The van der Waals surface area contributed by atoms with Crippen LogP contribution in [0.25, 0.3) is 11.2 Å². The minimum Gasteiger partial charge on any atom is -0.343 e. The number of imidazole rings is 1. The highest BCUT2D eigenvalue weighted by atomic mass is 14.9. The quantitative estimate of drug-likeness (QED) is 0.692. The summed E-state index contributed by atoms with van der Waals surface area (Å²) in [5.74, 6) is 0. The molecule has 2 heterocycles. The SMILES string of the molecule is Cc1cnc2nc[nH]c2c1C(C)(C)C. The lowest BCUT2D eigenvalue weighted by Gasteiger charge is -2.21. The molecule has 0 amide bonds. The van der Waals surface area contributed by atoms with Crippen molar-refractivity contribution in [3.63, 3.8) is 0 Å². The summed E-state index contributed by atoms with van der Waals surface area (Å²) >= 11 is 0. The number of aromatic amines is 1. The average Bonchev–Trinajstić information content (AvgIpc) is 2.48. The summed E-state index contributed by atoms with van der Waals surface area (Å²) < 4.78 is 0. The summed E-state index contributed by atoms with van der Waals surface area (Å²) in [6.07, 6.45) is 3.59. The lowest BCUT2D eigenvalue weighted by Crippen LogP contribution is -2.14. The van der Waals surface area contributed by atoms with Crippen molar-refractivity contribution in [1.82, 2.24) is 15.0 Å². The molecule has 0 saturated carbocycles. The molecule has 14 heavy (non-hydrogen) atoms. The monoisotopic (exact) mass is 189 g/mol. The molecule has 2 rings (SSSR count). The Bertz CT molecular complexity index is 463. The maximum absolute atomic E-state index is 4.27. The maximum atomic E-state index is 4.27. The van der Waals surface area contributed by atoms with Crippen molar-refractivity contribution in [3.05, 3.63) is 23.7 Å². The normalized spacial score (nSPS) is 12.3. The first-order valence-electron chi connectivity index (χ1n) is 4.79. The van der Waals surface area contributed by atoms with Gasteiger partial charge in [0.1, 0.15) is 0 Å². The number of hydrogen-bond donors (Lipinski definition) is 1. The van der Waals surface area contributed by atoms with Gasteiger partial charge in [0, 0.05) is 6.20 Å². The van der Waals surface area contributed by atoms with Gasteiger partial charge in [-0.25, -0.2) is 9.97 Å². The number of rotatable bonds is 0. The standard InChI is InChI=1S/C11H15N3/c1-7-5-12-10-9(13-6-14-10)8(7)11(2,3)4/h5-6H,1-4H3,(H,12,13,14). The summed E-state index contributed by atoms with van der Waals surface area (Å²) in [6, 6.07) is 0. The molecule has 2 aromatic heterocycles. The Balaban J connectivity index is 2.83. The highest BCUT2D eigenvalue weighted by molar-refractivity contribution is 5.76. The van der Waals surface area contributed by atoms with Gasteiger partial charge in [-0.2, -0.15) is 0 Å². The molecular weight excluding hydrogens is 174 g/mol. The fourth-order valence-electron chi connectivity index (χ4n) is 1.96. The second-order valence-corrected chi connectivity index (χ2v) is 4.67. The van der Waals surface area contributed by atoms with E-state index in [1.807, 2.05) is 6.20 Å². The van der Waals surface area contributed by atoms with E-state index in [1.54, 1.807) is 6.33 Å². The molecule has 3 heteroatoms. The number of hydrogen-bond acceptors (Lipinski definition) is 2. The van der Waals surface area contributed by atoms with Gasteiger partial charge in [-0.05, 0) is 23.5 Å². The van der Waals surface area contributed by atoms with Crippen LogP contribution < -0.4 is 0 Å². The second kappa shape index (κ2) is 2.80. The molecule has 0 unspecified atom stereocenters. The van der Waals surface area contributed by atoms with E-state index in [0.29, 0.717) is 0 Å². The van der Waals surface area contributed by atoms with E-state index < -0.39 is 0 Å². The third-order valence-electron chi connectivity index (χ3n) is 2.39. The van der Waals surface area contributed by atoms with Crippen LogP contribution in [0.3, 0.4) is 0 Å². The molecule has 2 aromatic rings. The summed E-state index contributed by atoms with van der Waals surface area (Å²) in [5.41, 5.74) is 4.52. The van der Waals surface area contributed by atoms with E-state index in [-0.39, 0.29) is 5.41 Å². The molecule has 0 aliphatic carbocycles. The first kappa shape index (κ1) is 9.19. The number of H-pyrrole nitrogens is 1. The van der Waals surface area contributed by atoms with E-state index in [0.717, 1.165) is 11.2 Å². The zero-order chi connectivity index (χ0) is 10.3. The van der Waals surface area contributed by atoms with Crippen molar-refractivity contribution in [2.75, 3.05) is 0 Å². The number of aromatic nitrogens is 3. The molecule has 74 valence electrons. The van der Waals surface area contributed by atoms with Crippen LogP contribution in [0.15, 0.2) is 12.5 Å². The van der Waals surface area contributed by atoms with Crippen LogP contribution in [-0.2, 0) is 5.41 Å². The number of fused-ring (bicyclic) bond motifs is 1. The summed E-state index contributed by atoms with van der Waals surface area (Å²) in [6.45, 7) is 8.70. The highest BCUT2D eigenvalue weighted by Crippen LogP contribution is 2.29. The van der Waals surface area contributed by atoms with Crippen molar-refractivity contribution < 1.29 is 0 Å². The van der Waals surface area contributed by atoms with Crippen LogP contribution in [0, 0.1) is 6.92 Å². The largest absolute Gasteiger partial charge is 0.343 e. The highest BCUT2D eigenvalue weighted by Gasteiger charge is 2.20. The van der Waals surface area contributed by atoms with Crippen molar-refractivity contribution in [2.24, 2.45) is 0 Å². The average molecular weight is 189 g/mol. The summed E-state index contributed by atoms with van der Waals surface area (Å²) in [7, 11) is 0. The van der Waals surface area contributed by atoms with Crippen molar-refractivity contribution in [3.8, 4) is 0 Å². The van der Waals surface area contributed by atoms with Gasteiger partial charge in [-0.1, -0.05) is 20.8 Å². The van der Waals surface area contributed by atoms with Crippen LogP contribution in [0.5, 0.6) is 0 Å². The first-order valence-corrected chi connectivity index (χ1v) is 4.79. The van der Waals surface area contributed by atoms with Gasteiger partial charge >= 0.3 is 0 Å². The topological polar surface area (TPSA) is 41.6 Å².